The van der Waals surface area contributed by atoms with Gasteiger partial charge >= 0.3 is 0 Å². The van der Waals surface area contributed by atoms with E-state index >= 15 is 0 Å². The highest BCUT2D eigenvalue weighted by Crippen LogP contribution is 2.07. The Kier molecular flexibility index (Phi) is 9.10. The Morgan fingerprint density at radius 3 is 1.72 bits per heavy atom. The number of nitrogens with one attached hydrogen (secondary N) is 1. The van der Waals surface area contributed by atoms with Gasteiger partial charge in [-0.3, -0.25) is 0 Å². The molecule has 1 fully saturated rings. The maximum absolute atomic E-state index is 4.33. The molecular weight excluding hydrogens is 226 g/mol. The summed E-state index contributed by atoms with van der Waals surface area (Å²) in [7, 11) is 0. The van der Waals surface area contributed by atoms with Gasteiger partial charge in [0.1, 0.15) is 11.6 Å². The number of aromatic nitrogens is 3. The van der Waals surface area contributed by atoms with Crippen LogP contribution in [0.2, 0.25) is 0 Å². The van der Waals surface area contributed by atoms with Crippen molar-refractivity contribution in [3.8, 4) is 0 Å². The molecule has 0 atom stereocenters. The van der Waals surface area contributed by atoms with E-state index in [0.29, 0.717) is 0 Å². The fourth-order valence-corrected chi connectivity index (χ4v) is 1.60. The van der Waals surface area contributed by atoms with Gasteiger partial charge in [0.2, 0.25) is 5.95 Å². The minimum Gasteiger partial charge on any atom is -0.338 e. The van der Waals surface area contributed by atoms with E-state index in [-0.39, 0.29) is 0 Å². The quantitative estimate of drug-likeness (QED) is 0.829. The van der Waals surface area contributed by atoms with Crippen LogP contribution in [-0.4, -0.2) is 41.1 Å². The van der Waals surface area contributed by atoms with Gasteiger partial charge < -0.3 is 10.2 Å². The molecule has 2 rings (SSSR count). The Hall–Kier alpha value is -1.23. The highest BCUT2D eigenvalue weighted by atomic mass is 15.3. The number of anilines is 1. The molecule has 0 saturated carbocycles. The van der Waals surface area contributed by atoms with Crippen LogP contribution in [0.5, 0.6) is 0 Å². The molecule has 5 heteroatoms. The Labute approximate surface area is 111 Å². The first kappa shape index (κ1) is 16.8. The minimum absolute atomic E-state index is 0.797. The summed E-state index contributed by atoms with van der Waals surface area (Å²) in [6.45, 7) is 15.8. The molecule has 5 nitrogen and oxygen atoms in total. The van der Waals surface area contributed by atoms with Gasteiger partial charge in [-0.2, -0.15) is 9.97 Å². The molecule has 0 spiro atoms. The monoisotopic (exact) mass is 253 g/mol. The van der Waals surface area contributed by atoms with Crippen molar-refractivity contribution in [2.45, 2.75) is 41.5 Å². The maximum Gasteiger partial charge on any atom is 0.228 e. The third-order valence-corrected chi connectivity index (χ3v) is 2.25. The topological polar surface area (TPSA) is 53.9 Å². The minimum atomic E-state index is 0.797. The van der Waals surface area contributed by atoms with Crippen molar-refractivity contribution in [3.05, 3.63) is 11.6 Å². The molecule has 1 N–H and O–H groups in total. The summed E-state index contributed by atoms with van der Waals surface area (Å²) in [6.07, 6.45) is 0. The normalized spacial score (nSPS) is 14.0. The van der Waals surface area contributed by atoms with Crippen molar-refractivity contribution in [1.29, 1.82) is 0 Å². The van der Waals surface area contributed by atoms with Gasteiger partial charge in [0.25, 0.3) is 0 Å². The van der Waals surface area contributed by atoms with Crippen LogP contribution in [0.4, 0.5) is 5.95 Å². The summed E-state index contributed by atoms with van der Waals surface area (Å²) in [5, 5.41) is 3.30. The average Bonchev–Trinajstić information content (AvgIpc) is 2.43. The fraction of sp³-hybridized carbons (Fsp3) is 0.769. The van der Waals surface area contributed by atoms with E-state index in [4.69, 9.17) is 0 Å². The molecule has 18 heavy (non-hydrogen) atoms. The molecule has 0 aromatic carbocycles. The second kappa shape index (κ2) is 9.76. The average molecular weight is 253 g/mol. The van der Waals surface area contributed by atoms with E-state index in [1.165, 1.54) is 0 Å². The van der Waals surface area contributed by atoms with Crippen molar-refractivity contribution in [1.82, 2.24) is 20.3 Å². The van der Waals surface area contributed by atoms with Gasteiger partial charge in [-0.05, 0) is 13.8 Å². The smallest absolute Gasteiger partial charge is 0.228 e. The lowest BCUT2D eigenvalue weighted by Crippen LogP contribution is -2.44. The number of piperazine rings is 1. The van der Waals surface area contributed by atoms with Crippen molar-refractivity contribution in [3.63, 3.8) is 0 Å². The van der Waals surface area contributed by atoms with E-state index in [1.54, 1.807) is 0 Å². The second-order valence-corrected chi connectivity index (χ2v) is 3.47. The summed E-state index contributed by atoms with van der Waals surface area (Å²) in [5.41, 5.74) is 0. The second-order valence-electron chi connectivity index (χ2n) is 3.47. The lowest BCUT2D eigenvalue weighted by atomic mass is 10.4. The van der Waals surface area contributed by atoms with Crippen molar-refractivity contribution >= 4 is 5.95 Å². The summed E-state index contributed by atoms with van der Waals surface area (Å²) in [4.78, 5) is 15.0. The molecule has 1 saturated heterocycles. The van der Waals surface area contributed by atoms with Gasteiger partial charge in [0.15, 0.2) is 0 Å². The molecule has 0 amide bonds. The van der Waals surface area contributed by atoms with E-state index < -0.39 is 0 Å². The molecule has 104 valence electrons. The Balaban J connectivity index is 0.000000659. The molecule has 0 aliphatic carbocycles. The first-order chi connectivity index (χ1) is 8.75. The van der Waals surface area contributed by atoms with Crippen LogP contribution >= 0.6 is 0 Å². The third kappa shape index (κ3) is 5.40. The van der Waals surface area contributed by atoms with Gasteiger partial charge in [0.05, 0.1) is 0 Å². The predicted molar refractivity (Wildman–Crippen MR) is 77.1 cm³/mol. The van der Waals surface area contributed by atoms with Crippen LogP contribution in [0.3, 0.4) is 0 Å². The Morgan fingerprint density at radius 1 is 0.833 bits per heavy atom. The lowest BCUT2D eigenvalue weighted by Gasteiger charge is -2.27. The van der Waals surface area contributed by atoms with Gasteiger partial charge in [-0.25, -0.2) is 4.98 Å². The highest BCUT2D eigenvalue weighted by Gasteiger charge is 2.13. The lowest BCUT2D eigenvalue weighted by molar-refractivity contribution is 0.577. The molecule has 1 aromatic heterocycles. The van der Waals surface area contributed by atoms with Crippen LogP contribution in [0.25, 0.3) is 0 Å². The Bertz CT molecular complexity index is 301. The number of hydrogen-bond donors (Lipinski definition) is 1. The van der Waals surface area contributed by atoms with Gasteiger partial charge in [-0.1, -0.05) is 27.7 Å². The van der Waals surface area contributed by atoms with Crippen molar-refractivity contribution in [2.75, 3.05) is 31.1 Å². The zero-order valence-electron chi connectivity index (χ0n) is 12.6. The van der Waals surface area contributed by atoms with E-state index in [9.17, 15) is 0 Å². The van der Waals surface area contributed by atoms with Crippen LogP contribution < -0.4 is 10.2 Å². The number of hydrogen-bond acceptors (Lipinski definition) is 5. The van der Waals surface area contributed by atoms with Crippen molar-refractivity contribution < 1.29 is 0 Å². The van der Waals surface area contributed by atoms with E-state index in [2.05, 4.69) is 25.2 Å². The standard InChI is InChI=1S/C9H15N5.2C2H6/c1-7-11-8(2)13-9(12-7)14-5-3-10-4-6-14;2*1-2/h10H,3-6H2,1-2H3;2*1-2H3. The van der Waals surface area contributed by atoms with E-state index in [1.807, 2.05) is 41.5 Å². The molecule has 0 bridgehead atoms. The zero-order chi connectivity index (χ0) is 14.0. The summed E-state index contributed by atoms with van der Waals surface area (Å²) < 4.78 is 0. The number of rotatable bonds is 1. The van der Waals surface area contributed by atoms with Crippen LogP contribution in [0, 0.1) is 13.8 Å². The van der Waals surface area contributed by atoms with Crippen LogP contribution in [0.15, 0.2) is 0 Å². The molecular formula is C13H27N5. The van der Waals surface area contributed by atoms with E-state index in [0.717, 1.165) is 43.8 Å². The fourth-order valence-electron chi connectivity index (χ4n) is 1.60. The summed E-state index contributed by atoms with van der Waals surface area (Å²) in [5.74, 6) is 2.41. The largest absolute Gasteiger partial charge is 0.338 e. The molecule has 0 radical (unpaired) electrons. The first-order valence-electron chi connectivity index (χ1n) is 6.90. The first-order valence-corrected chi connectivity index (χ1v) is 6.90. The summed E-state index contributed by atoms with van der Waals surface area (Å²) in [6, 6.07) is 0. The van der Waals surface area contributed by atoms with Crippen LogP contribution in [-0.2, 0) is 0 Å². The number of nitrogens with zero attached hydrogens (tertiary/aromatic N) is 4. The van der Waals surface area contributed by atoms with Crippen molar-refractivity contribution in [2.24, 2.45) is 0 Å². The summed E-state index contributed by atoms with van der Waals surface area (Å²) >= 11 is 0. The van der Waals surface area contributed by atoms with Gasteiger partial charge in [0, 0.05) is 26.2 Å². The molecule has 1 aromatic rings. The zero-order valence-corrected chi connectivity index (χ0v) is 12.6. The molecule has 2 heterocycles. The van der Waals surface area contributed by atoms with Gasteiger partial charge in [-0.15, -0.1) is 0 Å². The predicted octanol–water partition coefficient (Wildman–Crippen LogP) is 1.95. The van der Waals surface area contributed by atoms with Crippen LogP contribution in [0.1, 0.15) is 39.3 Å². The Morgan fingerprint density at radius 2 is 1.28 bits per heavy atom. The molecule has 0 unspecified atom stereocenters. The maximum atomic E-state index is 4.33. The number of aryl methyl sites for hydroxylation is 2. The highest BCUT2D eigenvalue weighted by molar-refractivity contribution is 5.30. The molecule has 1 aliphatic rings. The third-order valence-electron chi connectivity index (χ3n) is 2.25. The molecule has 1 aliphatic heterocycles. The SMILES string of the molecule is CC.CC.Cc1nc(C)nc(N2CCNCC2)n1.